The van der Waals surface area contributed by atoms with Crippen LogP contribution in [-0.2, 0) is 18.3 Å². The zero-order valence-electron chi connectivity index (χ0n) is 9.97. The van der Waals surface area contributed by atoms with E-state index in [4.69, 9.17) is 10.5 Å². The summed E-state index contributed by atoms with van der Waals surface area (Å²) in [7, 11) is 1.94. The van der Waals surface area contributed by atoms with Crippen LogP contribution in [0.25, 0.3) is 0 Å². The van der Waals surface area contributed by atoms with Gasteiger partial charge in [-0.1, -0.05) is 0 Å². The molecule has 0 saturated carbocycles. The predicted molar refractivity (Wildman–Crippen MR) is 61.9 cm³/mol. The highest BCUT2D eigenvalue weighted by atomic mass is 16.5. The predicted octanol–water partition coefficient (Wildman–Crippen LogP) is -0.0319. The van der Waals surface area contributed by atoms with Crippen LogP contribution in [0, 0.1) is 0 Å². The molecule has 5 heteroatoms. The zero-order chi connectivity index (χ0) is 11.5. The Morgan fingerprint density at radius 1 is 1.56 bits per heavy atom. The largest absolute Gasteiger partial charge is 0.371 e. The lowest BCUT2D eigenvalue weighted by Crippen LogP contribution is -2.48. The van der Waals surface area contributed by atoms with E-state index >= 15 is 0 Å². The van der Waals surface area contributed by atoms with E-state index in [-0.39, 0.29) is 12.2 Å². The molecule has 2 N–H and O–H groups in total. The van der Waals surface area contributed by atoms with Crippen molar-refractivity contribution in [3.8, 4) is 0 Å². The lowest BCUT2D eigenvalue weighted by Gasteiger charge is -2.35. The summed E-state index contributed by atoms with van der Waals surface area (Å²) in [6, 6.07) is 2.05. The Labute approximate surface area is 96.2 Å². The summed E-state index contributed by atoms with van der Waals surface area (Å²) >= 11 is 0. The van der Waals surface area contributed by atoms with Gasteiger partial charge in [-0.05, 0) is 13.0 Å². The molecule has 1 fully saturated rings. The minimum atomic E-state index is 0.160. The second-order valence-electron chi connectivity index (χ2n) is 4.48. The number of nitrogens with zero attached hydrogens (tertiary/aromatic N) is 3. The quantitative estimate of drug-likeness (QED) is 0.783. The number of ether oxygens (including phenoxy) is 1. The highest BCUT2D eigenvalue weighted by molar-refractivity contribution is 4.99. The van der Waals surface area contributed by atoms with Crippen LogP contribution in [0.2, 0.25) is 0 Å². The molecule has 1 saturated heterocycles. The van der Waals surface area contributed by atoms with Gasteiger partial charge in [-0.15, -0.1) is 0 Å². The van der Waals surface area contributed by atoms with Gasteiger partial charge < -0.3 is 10.5 Å². The van der Waals surface area contributed by atoms with Gasteiger partial charge in [-0.3, -0.25) is 9.58 Å². The van der Waals surface area contributed by atoms with Crippen molar-refractivity contribution in [3.63, 3.8) is 0 Å². The van der Waals surface area contributed by atoms with Crippen molar-refractivity contribution in [1.29, 1.82) is 0 Å². The third-order valence-electron chi connectivity index (χ3n) is 2.82. The Balaban J connectivity index is 1.93. The number of hydrogen-bond acceptors (Lipinski definition) is 4. The lowest BCUT2D eigenvalue weighted by atomic mass is 10.2. The number of aromatic nitrogens is 2. The number of aryl methyl sites for hydroxylation is 1. The van der Waals surface area contributed by atoms with Gasteiger partial charge in [0.05, 0.1) is 17.9 Å². The average Bonchev–Trinajstić information content (AvgIpc) is 2.63. The van der Waals surface area contributed by atoms with Gasteiger partial charge in [0.15, 0.2) is 0 Å². The van der Waals surface area contributed by atoms with Gasteiger partial charge >= 0.3 is 0 Å². The SMILES string of the molecule is CC1CN(Cc2ccn(C)n2)CC(CN)O1. The molecule has 0 radical (unpaired) electrons. The first kappa shape index (κ1) is 11.6. The number of hydrogen-bond donors (Lipinski definition) is 1. The highest BCUT2D eigenvalue weighted by Gasteiger charge is 2.24. The molecule has 0 spiro atoms. The maximum atomic E-state index is 5.72. The molecule has 5 nitrogen and oxygen atoms in total. The van der Waals surface area contributed by atoms with E-state index in [1.807, 2.05) is 17.9 Å². The van der Waals surface area contributed by atoms with E-state index in [0.717, 1.165) is 25.3 Å². The van der Waals surface area contributed by atoms with Gasteiger partial charge in [0.1, 0.15) is 0 Å². The van der Waals surface area contributed by atoms with Crippen molar-refractivity contribution in [3.05, 3.63) is 18.0 Å². The summed E-state index contributed by atoms with van der Waals surface area (Å²) in [5.41, 5.74) is 6.76. The number of morpholine rings is 1. The fourth-order valence-corrected chi connectivity index (χ4v) is 2.18. The molecule has 2 atom stereocenters. The first-order chi connectivity index (χ1) is 7.67. The summed E-state index contributed by atoms with van der Waals surface area (Å²) < 4.78 is 7.55. The van der Waals surface area contributed by atoms with E-state index in [1.54, 1.807) is 0 Å². The molecule has 1 aliphatic heterocycles. The topological polar surface area (TPSA) is 56.3 Å². The summed E-state index contributed by atoms with van der Waals surface area (Å²) in [4.78, 5) is 2.36. The van der Waals surface area contributed by atoms with Crippen LogP contribution in [0.4, 0.5) is 0 Å². The maximum absolute atomic E-state index is 5.72. The Morgan fingerprint density at radius 2 is 2.38 bits per heavy atom. The Bertz CT molecular complexity index is 338. The molecule has 0 bridgehead atoms. The standard InChI is InChI=1S/C11H20N4O/c1-9-6-15(8-11(5-12)16-9)7-10-3-4-14(2)13-10/h3-4,9,11H,5-8,12H2,1-2H3. The molecule has 16 heavy (non-hydrogen) atoms. The van der Waals surface area contributed by atoms with Crippen LogP contribution in [0.1, 0.15) is 12.6 Å². The molecule has 0 aliphatic carbocycles. The summed E-state index contributed by atoms with van der Waals surface area (Å²) in [5.74, 6) is 0. The fourth-order valence-electron chi connectivity index (χ4n) is 2.18. The van der Waals surface area contributed by atoms with Crippen molar-refractivity contribution in [1.82, 2.24) is 14.7 Å². The lowest BCUT2D eigenvalue weighted by molar-refractivity contribution is -0.0748. The molecular weight excluding hydrogens is 204 g/mol. The van der Waals surface area contributed by atoms with E-state index < -0.39 is 0 Å². The Morgan fingerprint density at radius 3 is 3.00 bits per heavy atom. The van der Waals surface area contributed by atoms with Crippen LogP contribution in [0.3, 0.4) is 0 Å². The molecule has 90 valence electrons. The van der Waals surface area contributed by atoms with Gasteiger partial charge in [-0.2, -0.15) is 5.10 Å². The van der Waals surface area contributed by atoms with Crippen LogP contribution in [0.5, 0.6) is 0 Å². The fraction of sp³-hybridized carbons (Fsp3) is 0.727. The van der Waals surface area contributed by atoms with Crippen molar-refractivity contribution in [2.45, 2.75) is 25.7 Å². The van der Waals surface area contributed by atoms with Gasteiger partial charge in [0, 0.05) is 39.4 Å². The monoisotopic (exact) mass is 224 g/mol. The second kappa shape index (κ2) is 4.95. The molecule has 1 aromatic rings. The van der Waals surface area contributed by atoms with Crippen molar-refractivity contribution in [2.75, 3.05) is 19.6 Å². The molecule has 1 aromatic heterocycles. The van der Waals surface area contributed by atoms with Crippen molar-refractivity contribution in [2.24, 2.45) is 12.8 Å². The minimum Gasteiger partial charge on any atom is -0.371 e. The van der Waals surface area contributed by atoms with Crippen LogP contribution in [-0.4, -0.2) is 46.5 Å². The Kier molecular flexibility index (Phi) is 3.58. The summed E-state index contributed by atoms with van der Waals surface area (Å²) in [5, 5.41) is 4.38. The van der Waals surface area contributed by atoms with Gasteiger partial charge in [0.25, 0.3) is 0 Å². The summed E-state index contributed by atoms with van der Waals surface area (Å²) in [6.07, 6.45) is 2.39. The summed E-state index contributed by atoms with van der Waals surface area (Å²) in [6.45, 7) is 5.41. The molecule has 2 unspecified atom stereocenters. The van der Waals surface area contributed by atoms with Crippen LogP contribution in [0.15, 0.2) is 12.3 Å². The third kappa shape index (κ3) is 2.81. The van der Waals surface area contributed by atoms with Crippen molar-refractivity contribution < 1.29 is 4.74 Å². The zero-order valence-corrected chi connectivity index (χ0v) is 9.97. The van der Waals surface area contributed by atoms with Gasteiger partial charge in [-0.25, -0.2) is 0 Å². The first-order valence-electron chi connectivity index (χ1n) is 5.74. The molecular formula is C11H20N4O. The third-order valence-corrected chi connectivity index (χ3v) is 2.82. The first-order valence-corrected chi connectivity index (χ1v) is 5.74. The van der Waals surface area contributed by atoms with E-state index in [1.165, 1.54) is 0 Å². The van der Waals surface area contributed by atoms with Crippen molar-refractivity contribution >= 4 is 0 Å². The minimum absolute atomic E-state index is 0.160. The highest BCUT2D eigenvalue weighted by Crippen LogP contribution is 2.12. The van der Waals surface area contributed by atoms with E-state index in [9.17, 15) is 0 Å². The molecule has 2 rings (SSSR count). The molecule has 1 aliphatic rings. The number of rotatable bonds is 3. The number of nitrogens with two attached hydrogens (primary N) is 1. The van der Waals surface area contributed by atoms with Gasteiger partial charge in [0.2, 0.25) is 0 Å². The maximum Gasteiger partial charge on any atom is 0.0828 e. The van der Waals surface area contributed by atoms with E-state index in [0.29, 0.717) is 6.54 Å². The second-order valence-corrected chi connectivity index (χ2v) is 4.48. The smallest absolute Gasteiger partial charge is 0.0828 e. The van der Waals surface area contributed by atoms with E-state index in [2.05, 4.69) is 23.0 Å². The average molecular weight is 224 g/mol. The Hall–Kier alpha value is -0.910. The molecule has 0 amide bonds. The van der Waals surface area contributed by atoms with Crippen LogP contribution >= 0.6 is 0 Å². The molecule has 2 heterocycles. The van der Waals surface area contributed by atoms with Crippen LogP contribution < -0.4 is 5.73 Å². The molecule has 0 aromatic carbocycles. The normalized spacial score (nSPS) is 27.2.